The summed E-state index contributed by atoms with van der Waals surface area (Å²) < 4.78 is 25.7. The number of aliphatic hydroxyl groups excluding tert-OH is 2. The molecule has 90 valence electrons. The van der Waals surface area contributed by atoms with Crippen LogP contribution in [0.1, 0.15) is 0 Å². The lowest BCUT2D eigenvalue weighted by atomic mass is 10.4. The molecular formula is C9H12ClNO4S. The number of benzene rings is 1. The number of hydrogen-bond donors (Lipinski definition) is 3. The Bertz CT molecular complexity index is 445. The summed E-state index contributed by atoms with van der Waals surface area (Å²) in [6, 6.07) is 5.00. The molecule has 0 aliphatic rings. The van der Waals surface area contributed by atoms with E-state index in [1.165, 1.54) is 18.2 Å². The van der Waals surface area contributed by atoms with Crippen molar-refractivity contribution in [2.24, 2.45) is 0 Å². The fourth-order valence-electron chi connectivity index (χ4n) is 1.08. The molecular weight excluding hydrogens is 254 g/mol. The van der Waals surface area contributed by atoms with Crippen LogP contribution in [0.25, 0.3) is 0 Å². The predicted molar refractivity (Wildman–Crippen MR) is 59.7 cm³/mol. The molecule has 0 atom stereocenters. The average molecular weight is 266 g/mol. The van der Waals surface area contributed by atoms with E-state index in [9.17, 15) is 8.42 Å². The summed E-state index contributed by atoms with van der Waals surface area (Å²) in [6.07, 6.45) is 0. The van der Waals surface area contributed by atoms with Crippen LogP contribution in [-0.4, -0.2) is 37.9 Å². The first kappa shape index (κ1) is 13.4. The quantitative estimate of drug-likeness (QED) is 0.698. The molecule has 0 radical (unpaired) electrons. The summed E-state index contributed by atoms with van der Waals surface area (Å²) in [5, 5.41) is 17.7. The van der Waals surface area contributed by atoms with Crippen LogP contribution in [0.5, 0.6) is 0 Å². The Balaban J connectivity index is 2.99. The highest BCUT2D eigenvalue weighted by molar-refractivity contribution is 7.89. The smallest absolute Gasteiger partial charge is 0.242 e. The summed E-state index contributed by atoms with van der Waals surface area (Å²) >= 11 is 5.73. The van der Waals surface area contributed by atoms with Gasteiger partial charge in [0.25, 0.3) is 0 Å². The lowest BCUT2D eigenvalue weighted by molar-refractivity contribution is 0.185. The van der Waals surface area contributed by atoms with Crippen LogP contribution in [0.2, 0.25) is 5.02 Å². The van der Waals surface area contributed by atoms with E-state index in [0.29, 0.717) is 0 Å². The van der Waals surface area contributed by atoms with Gasteiger partial charge in [-0.05, 0) is 12.1 Å². The van der Waals surface area contributed by atoms with Crippen LogP contribution in [0.4, 0.5) is 0 Å². The molecule has 0 unspecified atom stereocenters. The number of sulfonamides is 1. The number of aliphatic hydroxyl groups is 2. The highest BCUT2D eigenvalue weighted by Gasteiger charge is 2.21. The molecule has 0 aliphatic carbocycles. The lowest BCUT2D eigenvalue weighted by Crippen LogP contribution is -2.40. The Hall–Kier alpha value is -0.660. The molecule has 1 aromatic carbocycles. The van der Waals surface area contributed by atoms with Gasteiger partial charge in [-0.3, -0.25) is 0 Å². The first-order valence-electron chi connectivity index (χ1n) is 4.50. The minimum Gasteiger partial charge on any atom is -0.395 e. The monoisotopic (exact) mass is 265 g/mol. The van der Waals surface area contributed by atoms with E-state index in [0.717, 1.165) is 0 Å². The van der Waals surface area contributed by atoms with Crippen molar-refractivity contribution in [2.45, 2.75) is 10.9 Å². The highest BCUT2D eigenvalue weighted by atomic mass is 35.5. The standard InChI is InChI=1S/C9H12ClNO4S/c10-8-3-1-2-4-9(8)16(14,15)11-7(5-12)6-13/h1-4,7,11-13H,5-6H2. The van der Waals surface area contributed by atoms with Crippen LogP contribution in [0, 0.1) is 0 Å². The third-order valence-corrected chi connectivity index (χ3v) is 3.91. The van der Waals surface area contributed by atoms with Crippen LogP contribution >= 0.6 is 11.6 Å². The van der Waals surface area contributed by atoms with E-state index in [2.05, 4.69) is 4.72 Å². The van der Waals surface area contributed by atoms with Crippen LogP contribution in [0.3, 0.4) is 0 Å². The molecule has 0 aromatic heterocycles. The molecule has 7 heteroatoms. The van der Waals surface area contributed by atoms with Gasteiger partial charge in [-0.25, -0.2) is 13.1 Å². The Morgan fingerprint density at radius 3 is 2.31 bits per heavy atom. The lowest BCUT2D eigenvalue weighted by Gasteiger charge is -2.14. The largest absolute Gasteiger partial charge is 0.395 e. The topological polar surface area (TPSA) is 86.6 Å². The summed E-state index contributed by atoms with van der Waals surface area (Å²) in [7, 11) is -3.82. The fourth-order valence-corrected chi connectivity index (χ4v) is 2.82. The summed E-state index contributed by atoms with van der Waals surface area (Å²) in [4.78, 5) is -0.0800. The second-order valence-electron chi connectivity index (χ2n) is 3.11. The molecule has 1 rings (SSSR count). The molecule has 0 bridgehead atoms. The van der Waals surface area contributed by atoms with Crippen molar-refractivity contribution in [2.75, 3.05) is 13.2 Å². The van der Waals surface area contributed by atoms with E-state index >= 15 is 0 Å². The van der Waals surface area contributed by atoms with Gasteiger partial charge in [0.05, 0.1) is 24.3 Å². The molecule has 0 spiro atoms. The maximum Gasteiger partial charge on any atom is 0.242 e. The van der Waals surface area contributed by atoms with Crippen LogP contribution in [-0.2, 0) is 10.0 Å². The Labute approximate surface area is 98.7 Å². The maximum atomic E-state index is 11.8. The minimum absolute atomic E-state index is 0.0800. The van der Waals surface area contributed by atoms with Gasteiger partial charge >= 0.3 is 0 Å². The number of rotatable bonds is 5. The van der Waals surface area contributed by atoms with Gasteiger partial charge in [-0.15, -0.1) is 0 Å². The zero-order valence-electron chi connectivity index (χ0n) is 8.30. The molecule has 5 nitrogen and oxygen atoms in total. The molecule has 0 amide bonds. The number of nitrogens with one attached hydrogen (secondary N) is 1. The fraction of sp³-hybridized carbons (Fsp3) is 0.333. The van der Waals surface area contributed by atoms with Crippen molar-refractivity contribution in [3.63, 3.8) is 0 Å². The molecule has 1 aromatic rings. The van der Waals surface area contributed by atoms with Crippen LogP contribution in [0.15, 0.2) is 29.2 Å². The second-order valence-corrected chi connectivity index (χ2v) is 5.20. The molecule has 0 saturated carbocycles. The Kier molecular flexibility index (Phi) is 4.69. The third kappa shape index (κ3) is 3.16. The summed E-state index contributed by atoms with van der Waals surface area (Å²) in [6.45, 7) is -0.972. The SMILES string of the molecule is O=S(=O)(NC(CO)CO)c1ccccc1Cl. The summed E-state index contributed by atoms with van der Waals surface area (Å²) in [5.74, 6) is 0. The minimum atomic E-state index is -3.82. The van der Waals surface area contributed by atoms with Crippen molar-refractivity contribution in [3.8, 4) is 0 Å². The van der Waals surface area contributed by atoms with E-state index < -0.39 is 29.3 Å². The third-order valence-electron chi connectivity index (χ3n) is 1.89. The average Bonchev–Trinajstić information content (AvgIpc) is 2.26. The highest BCUT2D eigenvalue weighted by Crippen LogP contribution is 2.20. The Morgan fingerprint density at radius 1 is 1.25 bits per heavy atom. The number of halogens is 1. The predicted octanol–water partition coefficient (Wildman–Crippen LogP) is -0.0285. The van der Waals surface area contributed by atoms with Gasteiger partial charge in [0.2, 0.25) is 10.0 Å². The first-order valence-corrected chi connectivity index (χ1v) is 6.36. The van der Waals surface area contributed by atoms with E-state index in [-0.39, 0.29) is 9.92 Å². The molecule has 0 fully saturated rings. The molecule has 3 N–H and O–H groups in total. The van der Waals surface area contributed by atoms with Crippen LogP contribution < -0.4 is 4.72 Å². The zero-order chi connectivity index (χ0) is 12.2. The van der Waals surface area contributed by atoms with Crippen molar-refractivity contribution in [1.29, 1.82) is 0 Å². The normalized spacial score (nSPS) is 12.0. The van der Waals surface area contributed by atoms with Gasteiger partial charge in [0.1, 0.15) is 4.90 Å². The van der Waals surface area contributed by atoms with E-state index in [1.54, 1.807) is 6.07 Å². The number of hydrogen-bond acceptors (Lipinski definition) is 4. The van der Waals surface area contributed by atoms with Crippen molar-refractivity contribution < 1.29 is 18.6 Å². The molecule has 0 saturated heterocycles. The molecule has 0 aliphatic heterocycles. The maximum absolute atomic E-state index is 11.8. The van der Waals surface area contributed by atoms with Gasteiger partial charge in [-0.2, -0.15) is 0 Å². The van der Waals surface area contributed by atoms with Crippen molar-refractivity contribution in [3.05, 3.63) is 29.3 Å². The first-order chi connectivity index (χ1) is 7.51. The molecule has 0 heterocycles. The van der Waals surface area contributed by atoms with E-state index in [4.69, 9.17) is 21.8 Å². The van der Waals surface area contributed by atoms with Gasteiger partial charge < -0.3 is 10.2 Å². The van der Waals surface area contributed by atoms with Gasteiger partial charge in [-0.1, -0.05) is 23.7 Å². The molecule has 16 heavy (non-hydrogen) atoms. The van der Waals surface area contributed by atoms with Gasteiger partial charge in [0.15, 0.2) is 0 Å². The zero-order valence-corrected chi connectivity index (χ0v) is 9.87. The van der Waals surface area contributed by atoms with E-state index in [1.807, 2.05) is 0 Å². The Morgan fingerprint density at radius 2 is 1.81 bits per heavy atom. The summed E-state index contributed by atoms with van der Waals surface area (Å²) in [5.41, 5.74) is 0. The van der Waals surface area contributed by atoms with Crippen molar-refractivity contribution >= 4 is 21.6 Å². The van der Waals surface area contributed by atoms with Gasteiger partial charge in [0, 0.05) is 0 Å². The second kappa shape index (κ2) is 5.60. The van der Waals surface area contributed by atoms with Crippen molar-refractivity contribution in [1.82, 2.24) is 4.72 Å².